The molecular formula is C13H21F7O3. The summed E-state index contributed by atoms with van der Waals surface area (Å²) in [6, 6.07) is 0. The van der Waals surface area contributed by atoms with Crippen molar-refractivity contribution < 1.29 is 45.3 Å². The molecule has 1 N–H and O–H groups in total. The predicted molar refractivity (Wildman–Crippen MR) is 67.8 cm³/mol. The van der Waals surface area contributed by atoms with Gasteiger partial charge < -0.3 is 14.6 Å². The van der Waals surface area contributed by atoms with Gasteiger partial charge in [0, 0.05) is 6.61 Å². The molecule has 0 aliphatic carbocycles. The molecule has 0 radical (unpaired) electrons. The van der Waals surface area contributed by atoms with Gasteiger partial charge in [0.1, 0.15) is 0 Å². The van der Waals surface area contributed by atoms with E-state index in [1.165, 1.54) is 0 Å². The second-order valence-corrected chi connectivity index (χ2v) is 4.91. The van der Waals surface area contributed by atoms with E-state index < -0.39 is 30.9 Å². The molecule has 0 saturated carbocycles. The van der Waals surface area contributed by atoms with E-state index in [-0.39, 0.29) is 39.5 Å². The van der Waals surface area contributed by atoms with E-state index in [0.717, 1.165) is 0 Å². The Bertz CT molecular complexity index is 291. The van der Waals surface area contributed by atoms with Crippen molar-refractivity contribution in [2.45, 2.75) is 50.1 Å². The molecule has 0 heterocycles. The van der Waals surface area contributed by atoms with Crippen LogP contribution >= 0.6 is 0 Å². The summed E-state index contributed by atoms with van der Waals surface area (Å²) in [4.78, 5) is 0. The first-order valence-electron chi connectivity index (χ1n) is 7.15. The fourth-order valence-electron chi connectivity index (χ4n) is 1.76. The summed E-state index contributed by atoms with van der Waals surface area (Å²) < 4.78 is 96.8. The topological polar surface area (TPSA) is 38.7 Å². The standard InChI is InChI=1S/C13H21F7O3/c14-11(12(15,16)17,13(18,19)20)5-3-1-2-4-7-22-9-10-23-8-6-21/h21H,1-10H2. The molecule has 0 amide bonds. The van der Waals surface area contributed by atoms with Crippen LogP contribution < -0.4 is 0 Å². The van der Waals surface area contributed by atoms with Crippen LogP contribution in [0.2, 0.25) is 0 Å². The maximum atomic E-state index is 13.3. The predicted octanol–water partition coefficient (Wildman–Crippen LogP) is 3.80. The van der Waals surface area contributed by atoms with Crippen LogP contribution in [-0.2, 0) is 9.47 Å². The van der Waals surface area contributed by atoms with Crippen molar-refractivity contribution in [3.8, 4) is 0 Å². The number of hydrogen-bond donors (Lipinski definition) is 1. The van der Waals surface area contributed by atoms with Crippen LogP contribution in [0.3, 0.4) is 0 Å². The van der Waals surface area contributed by atoms with Crippen molar-refractivity contribution >= 4 is 0 Å². The molecule has 0 spiro atoms. The molecule has 0 unspecified atom stereocenters. The molecule has 10 heteroatoms. The quantitative estimate of drug-likeness (QED) is 0.426. The molecule has 0 atom stereocenters. The van der Waals surface area contributed by atoms with Crippen molar-refractivity contribution in [3.05, 3.63) is 0 Å². The number of unbranched alkanes of at least 4 members (excludes halogenated alkanes) is 3. The highest BCUT2D eigenvalue weighted by molar-refractivity contribution is 4.94. The number of aliphatic hydroxyl groups excluding tert-OH is 1. The summed E-state index contributed by atoms with van der Waals surface area (Å²) in [6.07, 6.45) is -13.3. The molecule has 3 nitrogen and oxygen atoms in total. The van der Waals surface area contributed by atoms with Crippen molar-refractivity contribution in [1.29, 1.82) is 0 Å². The smallest absolute Gasteiger partial charge is 0.394 e. The van der Waals surface area contributed by atoms with Crippen LogP contribution in [0, 0.1) is 0 Å². The molecule has 0 rings (SSSR count). The molecule has 0 bridgehead atoms. The summed E-state index contributed by atoms with van der Waals surface area (Å²) >= 11 is 0. The van der Waals surface area contributed by atoms with E-state index >= 15 is 0 Å². The van der Waals surface area contributed by atoms with Gasteiger partial charge >= 0.3 is 12.4 Å². The molecule has 0 fully saturated rings. The Kier molecular flexibility index (Phi) is 10.0. The van der Waals surface area contributed by atoms with Gasteiger partial charge in [0.2, 0.25) is 0 Å². The van der Waals surface area contributed by atoms with Gasteiger partial charge in [0.15, 0.2) is 0 Å². The minimum Gasteiger partial charge on any atom is -0.394 e. The molecule has 0 aliphatic rings. The Morgan fingerprint density at radius 1 is 0.609 bits per heavy atom. The number of aliphatic hydroxyl groups is 1. The number of hydrogen-bond acceptors (Lipinski definition) is 3. The third-order valence-electron chi connectivity index (χ3n) is 3.07. The normalized spacial score (nSPS) is 13.6. The van der Waals surface area contributed by atoms with Crippen LogP contribution in [0.5, 0.6) is 0 Å². The largest absolute Gasteiger partial charge is 0.431 e. The van der Waals surface area contributed by atoms with Gasteiger partial charge in [-0.05, 0) is 19.3 Å². The summed E-state index contributed by atoms with van der Waals surface area (Å²) in [5, 5.41) is 8.41. The number of alkyl halides is 7. The molecule has 0 aromatic heterocycles. The van der Waals surface area contributed by atoms with Crippen LogP contribution in [0.25, 0.3) is 0 Å². The van der Waals surface area contributed by atoms with Crippen molar-refractivity contribution in [2.75, 3.05) is 33.0 Å². The second-order valence-electron chi connectivity index (χ2n) is 4.91. The van der Waals surface area contributed by atoms with Gasteiger partial charge in [-0.15, -0.1) is 0 Å². The highest BCUT2D eigenvalue weighted by atomic mass is 19.4. The van der Waals surface area contributed by atoms with Gasteiger partial charge in [-0.2, -0.15) is 26.3 Å². The molecule has 0 aromatic carbocycles. The Hall–Kier alpha value is -0.610. The highest BCUT2D eigenvalue weighted by Crippen LogP contribution is 2.49. The van der Waals surface area contributed by atoms with E-state index in [2.05, 4.69) is 0 Å². The zero-order valence-electron chi connectivity index (χ0n) is 12.5. The van der Waals surface area contributed by atoms with E-state index in [0.29, 0.717) is 12.8 Å². The van der Waals surface area contributed by atoms with Gasteiger partial charge in [0.05, 0.1) is 26.4 Å². The van der Waals surface area contributed by atoms with Crippen LogP contribution in [0.4, 0.5) is 30.7 Å². The van der Waals surface area contributed by atoms with Gasteiger partial charge in [-0.1, -0.05) is 12.8 Å². The maximum absolute atomic E-state index is 13.3. The first kappa shape index (κ1) is 22.4. The molecule has 0 saturated heterocycles. The Balaban J connectivity index is 3.81. The number of rotatable bonds is 12. The Morgan fingerprint density at radius 3 is 1.57 bits per heavy atom. The van der Waals surface area contributed by atoms with E-state index in [1.54, 1.807) is 0 Å². The molecule has 0 aliphatic heterocycles. The summed E-state index contributed by atoms with van der Waals surface area (Å²) in [5.74, 6) is 0. The number of halogens is 7. The zero-order valence-corrected chi connectivity index (χ0v) is 12.5. The first-order chi connectivity index (χ1) is 10.6. The van der Waals surface area contributed by atoms with E-state index in [9.17, 15) is 30.7 Å². The van der Waals surface area contributed by atoms with Gasteiger partial charge in [0.25, 0.3) is 5.67 Å². The molecule has 0 aromatic rings. The van der Waals surface area contributed by atoms with Gasteiger partial charge in [-0.3, -0.25) is 0 Å². The van der Waals surface area contributed by atoms with E-state index in [4.69, 9.17) is 14.6 Å². The minimum absolute atomic E-state index is 0.0439. The lowest BCUT2D eigenvalue weighted by Crippen LogP contribution is -2.53. The number of ether oxygens (including phenoxy) is 2. The van der Waals surface area contributed by atoms with Crippen LogP contribution in [0.15, 0.2) is 0 Å². The first-order valence-corrected chi connectivity index (χ1v) is 7.15. The maximum Gasteiger partial charge on any atom is 0.431 e. The fraction of sp³-hybridized carbons (Fsp3) is 1.00. The zero-order chi connectivity index (χ0) is 18.0. The Morgan fingerprint density at radius 2 is 1.09 bits per heavy atom. The highest BCUT2D eigenvalue weighted by Gasteiger charge is 2.71. The summed E-state index contributed by atoms with van der Waals surface area (Å²) in [5.41, 5.74) is -5.15. The molecular weight excluding hydrogens is 337 g/mol. The monoisotopic (exact) mass is 358 g/mol. The van der Waals surface area contributed by atoms with Crippen LogP contribution in [-0.4, -0.2) is 56.2 Å². The average Bonchev–Trinajstić information content (AvgIpc) is 2.42. The summed E-state index contributed by atoms with van der Waals surface area (Å²) in [6.45, 7) is 0.915. The SMILES string of the molecule is OCCOCCOCCCCCCC(F)(C(F)(F)F)C(F)(F)F. The van der Waals surface area contributed by atoms with Crippen molar-refractivity contribution in [2.24, 2.45) is 0 Å². The van der Waals surface area contributed by atoms with E-state index in [1.807, 2.05) is 0 Å². The third-order valence-corrected chi connectivity index (χ3v) is 3.07. The van der Waals surface area contributed by atoms with Crippen molar-refractivity contribution in [3.63, 3.8) is 0 Å². The lowest BCUT2D eigenvalue weighted by molar-refractivity contribution is -0.343. The molecule has 23 heavy (non-hydrogen) atoms. The lowest BCUT2D eigenvalue weighted by atomic mass is 9.96. The third kappa shape index (κ3) is 8.16. The summed E-state index contributed by atoms with van der Waals surface area (Å²) in [7, 11) is 0. The fourth-order valence-corrected chi connectivity index (χ4v) is 1.76. The van der Waals surface area contributed by atoms with Crippen LogP contribution in [0.1, 0.15) is 32.1 Å². The van der Waals surface area contributed by atoms with Crippen molar-refractivity contribution in [1.82, 2.24) is 0 Å². The molecule has 140 valence electrons. The second kappa shape index (κ2) is 10.3. The lowest BCUT2D eigenvalue weighted by Gasteiger charge is -2.29. The van der Waals surface area contributed by atoms with Gasteiger partial charge in [-0.25, -0.2) is 4.39 Å². The Labute approximate surface area is 129 Å². The average molecular weight is 358 g/mol. The minimum atomic E-state index is -5.97.